The summed E-state index contributed by atoms with van der Waals surface area (Å²) in [6, 6.07) is 3.57. The molecule has 1 aliphatic rings. The number of aromatic nitrogens is 5. The molecule has 0 saturated heterocycles. The van der Waals surface area contributed by atoms with Crippen LogP contribution in [0, 0.1) is 12.8 Å². The number of fused-ring (bicyclic) bond motifs is 1. The summed E-state index contributed by atoms with van der Waals surface area (Å²) < 4.78 is 42.5. The van der Waals surface area contributed by atoms with Crippen LogP contribution in [-0.2, 0) is 6.54 Å². The number of rotatable bonds is 3. The summed E-state index contributed by atoms with van der Waals surface area (Å²) >= 11 is 0. The third kappa shape index (κ3) is 3.54. The largest absolute Gasteiger partial charge is 0.391 e. The molecule has 154 valence electrons. The lowest BCUT2D eigenvalue weighted by atomic mass is 9.81. The van der Waals surface area contributed by atoms with E-state index in [1.54, 1.807) is 29.2 Å². The second-order valence-corrected chi connectivity index (χ2v) is 7.56. The van der Waals surface area contributed by atoms with Crippen LogP contribution in [0.4, 0.5) is 13.2 Å². The zero-order valence-electron chi connectivity index (χ0n) is 16.3. The molecule has 0 aliphatic heterocycles. The lowest BCUT2D eigenvalue weighted by Gasteiger charge is -2.30. The molecule has 1 aliphatic carbocycles. The normalized spacial score (nSPS) is 20.3. The molecule has 9 heteroatoms. The zero-order valence-corrected chi connectivity index (χ0v) is 16.3. The summed E-state index contributed by atoms with van der Waals surface area (Å²) in [5.74, 6) is -1.03. The number of halogens is 3. The van der Waals surface area contributed by atoms with E-state index in [1.807, 2.05) is 13.8 Å². The molecule has 3 heterocycles. The van der Waals surface area contributed by atoms with Gasteiger partial charge in [-0.25, -0.2) is 9.97 Å². The predicted octanol–water partition coefficient (Wildman–Crippen LogP) is 4.14. The molecule has 0 spiro atoms. The lowest BCUT2D eigenvalue weighted by molar-refractivity contribution is -0.182. The molecular formula is C20H22F3N5O. The third-order valence-corrected chi connectivity index (χ3v) is 5.72. The highest BCUT2D eigenvalue weighted by Gasteiger charge is 2.42. The van der Waals surface area contributed by atoms with E-state index in [9.17, 15) is 18.0 Å². The molecule has 1 fully saturated rings. The molecule has 3 aromatic heterocycles. The molecular weight excluding hydrogens is 383 g/mol. The molecule has 0 bridgehead atoms. The number of imidazole rings is 1. The summed E-state index contributed by atoms with van der Waals surface area (Å²) in [7, 11) is 0. The molecule has 3 aromatic rings. The first-order valence-electron chi connectivity index (χ1n) is 9.77. The summed E-state index contributed by atoms with van der Waals surface area (Å²) in [5, 5.41) is 0. The summed E-state index contributed by atoms with van der Waals surface area (Å²) in [5.41, 5.74) is 1.76. The van der Waals surface area contributed by atoms with Gasteiger partial charge >= 0.3 is 6.18 Å². The van der Waals surface area contributed by atoms with Crippen LogP contribution in [0.25, 0.3) is 16.9 Å². The van der Waals surface area contributed by atoms with Gasteiger partial charge in [0.25, 0.3) is 5.56 Å². The maximum Gasteiger partial charge on any atom is 0.391 e. The van der Waals surface area contributed by atoms with Crippen LogP contribution in [0.1, 0.15) is 50.0 Å². The standard InChI is InChI=1S/C20H22F3N5O/c1-3-27-11-25-16-18(27)26-17(13-5-7-14(8-6-13)20(21,22)23)28(19(16)29)15-9-4-12(2)24-10-15/h4,9-11,13-14H,3,5-8H2,1-2H3. The second-order valence-electron chi connectivity index (χ2n) is 7.56. The molecule has 6 nitrogen and oxygen atoms in total. The molecule has 0 N–H and O–H groups in total. The van der Waals surface area contributed by atoms with Crippen LogP contribution in [0.5, 0.6) is 0 Å². The third-order valence-electron chi connectivity index (χ3n) is 5.72. The maximum atomic E-state index is 13.3. The van der Waals surface area contributed by atoms with Gasteiger partial charge in [-0.1, -0.05) is 0 Å². The molecule has 0 unspecified atom stereocenters. The fraction of sp³-hybridized carbons (Fsp3) is 0.500. The molecule has 0 amide bonds. The quantitative estimate of drug-likeness (QED) is 0.657. The SMILES string of the molecule is CCn1cnc2c(=O)n(-c3ccc(C)nc3)c(C3CCC(C(F)(F)F)CC3)nc21. The minimum absolute atomic E-state index is 0.0429. The molecule has 0 radical (unpaired) electrons. The first-order valence-corrected chi connectivity index (χ1v) is 9.77. The average Bonchev–Trinajstić information content (AvgIpc) is 3.12. The van der Waals surface area contributed by atoms with Crippen molar-refractivity contribution in [3.05, 3.63) is 46.5 Å². The summed E-state index contributed by atoms with van der Waals surface area (Å²) in [4.78, 5) is 26.5. The van der Waals surface area contributed by atoms with Gasteiger partial charge in [0.05, 0.1) is 24.1 Å². The smallest absolute Gasteiger partial charge is 0.315 e. The van der Waals surface area contributed by atoms with Crippen molar-refractivity contribution < 1.29 is 13.2 Å². The Morgan fingerprint density at radius 3 is 2.45 bits per heavy atom. The highest BCUT2D eigenvalue weighted by Crippen LogP contribution is 2.42. The van der Waals surface area contributed by atoms with Crippen LogP contribution in [-0.4, -0.2) is 30.3 Å². The van der Waals surface area contributed by atoms with Crippen LogP contribution >= 0.6 is 0 Å². The van der Waals surface area contributed by atoms with Gasteiger partial charge in [-0.2, -0.15) is 13.2 Å². The van der Waals surface area contributed by atoms with Gasteiger partial charge in [-0.15, -0.1) is 0 Å². The lowest BCUT2D eigenvalue weighted by Crippen LogP contribution is -2.31. The van der Waals surface area contributed by atoms with Gasteiger partial charge in [0, 0.05) is 18.2 Å². The number of nitrogens with zero attached hydrogens (tertiary/aromatic N) is 5. The van der Waals surface area contributed by atoms with Crippen molar-refractivity contribution in [1.29, 1.82) is 0 Å². The number of pyridine rings is 1. The minimum atomic E-state index is -4.18. The van der Waals surface area contributed by atoms with Gasteiger partial charge in [0.2, 0.25) is 0 Å². The van der Waals surface area contributed by atoms with Gasteiger partial charge in [-0.3, -0.25) is 14.3 Å². The highest BCUT2D eigenvalue weighted by molar-refractivity contribution is 5.70. The van der Waals surface area contributed by atoms with E-state index in [1.165, 1.54) is 4.57 Å². The van der Waals surface area contributed by atoms with E-state index in [4.69, 9.17) is 4.98 Å². The summed E-state index contributed by atoms with van der Waals surface area (Å²) in [6.45, 7) is 4.36. The van der Waals surface area contributed by atoms with Crippen molar-refractivity contribution in [2.24, 2.45) is 5.92 Å². The Bertz CT molecular complexity index is 1080. The van der Waals surface area contributed by atoms with Crippen molar-refractivity contribution in [3.8, 4) is 5.69 Å². The van der Waals surface area contributed by atoms with E-state index in [-0.39, 0.29) is 29.8 Å². The van der Waals surface area contributed by atoms with E-state index >= 15 is 0 Å². The topological polar surface area (TPSA) is 65.6 Å². The number of aryl methyl sites for hydroxylation is 2. The zero-order chi connectivity index (χ0) is 20.8. The Morgan fingerprint density at radius 1 is 1.14 bits per heavy atom. The molecule has 0 atom stereocenters. The fourth-order valence-electron chi connectivity index (χ4n) is 4.04. The van der Waals surface area contributed by atoms with Crippen molar-refractivity contribution in [3.63, 3.8) is 0 Å². The fourth-order valence-corrected chi connectivity index (χ4v) is 4.04. The average molecular weight is 405 g/mol. The number of alkyl halides is 3. The molecule has 0 aromatic carbocycles. The molecule has 29 heavy (non-hydrogen) atoms. The van der Waals surface area contributed by atoms with E-state index in [0.29, 0.717) is 36.5 Å². The van der Waals surface area contributed by atoms with Crippen molar-refractivity contribution in [2.45, 2.75) is 58.2 Å². The van der Waals surface area contributed by atoms with Crippen LogP contribution in [0.2, 0.25) is 0 Å². The van der Waals surface area contributed by atoms with E-state index in [2.05, 4.69) is 9.97 Å². The monoisotopic (exact) mass is 405 g/mol. The van der Waals surface area contributed by atoms with E-state index < -0.39 is 12.1 Å². The summed E-state index contributed by atoms with van der Waals surface area (Å²) in [6.07, 6.45) is -0.261. The van der Waals surface area contributed by atoms with Gasteiger partial charge in [0.1, 0.15) is 5.82 Å². The van der Waals surface area contributed by atoms with Gasteiger partial charge in [0.15, 0.2) is 11.2 Å². The Morgan fingerprint density at radius 2 is 1.86 bits per heavy atom. The maximum absolute atomic E-state index is 13.3. The Balaban J connectivity index is 1.84. The molecule has 4 rings (SSSR count). The van der Waals surface area contributed by atoms with Gasteiger partial charge < -0.3 is 4.57 Å². The minimum Gasteiger partial charge on any atom is -0.315 e. The van der Waals surface area contributed by atoms with Crippen LogP contribution in [0.3, 0.4) is 0 Å². The Kier molecular flexibility index (Phi) is 4.92. The van der Waals surface area contributed by atoms with Crippen LogP contribution in [0.15, 0.2) is 29.5 Å². The second kappa shape index (κ2) is 7.27. The van der Waals surface area contributed by atoms with Crippen molar-refractivity contribution in [1.82, 2.24) is 24.1 Å². The predicted molar refractivity (Wildman–Crippen MR) is 102 cm³/mol. The van der Waals surface area contributed by atoms with Crippen molar-refractivity contribution in [2.75, 3.05) is 0 Å². The first-order chi connectivity index (χ1) is 13.8. The van der Waals surface area contributed by atoms with Crippen LogP contribution < -0.4 is 5.56 Å². The van der Waals surface area contributed by atoms with E-state index in [0.717, 1.165) is 5.69 Å². The Labute approximate surface area is 165 Å². The van der Waals surface area contributed by atoms with Gasteiger partial charge in [-0.05, 0) is 51.7 Å². The number of hydrogen-bond acceptors (Lipinski definition) is 4. The highest BCUT2D eigenvalue weighted by atomic mass is 19.4. The first kappa shape index (κ1) is 19.6. The Hall–Kier alpha value is -2.71. The van der Waals surface area contributed by atoms with Crippen molar-refractivity contribution >= 4 is 11.2 Å². The molecule has 1 saturated carbocycles. The number of hydrogen-bond donors (Lipinski definition) is 0.